The summed E-state index contributed by atoms with van der Waals surface area (Å²) in [6.07, 6.45) is 1.44. The highest BCUT2D eigenvalue weighted by Crippen LogP contribution is 2.31. The minimum absolute atomic E-state index is 0.157. The maximum atomic E-state index is 12.9. The second kappa shape index (κ2) is 8.04. The van der Waals surface area contributed by atoms with Crippen molar-refractivity contribution in [3.8, 4) is 11.5 Å². The molecule has 0 unspecified atom stereocenters. The lowest BCUT2D eigenvalue weighted by Crippen LogP contribution is -2.41. The number of hydrogen-bond donors (Lipinski definition) is 0. The number of para-hydroxylation sites is 2. The van der Waals surface area contributed by atoms with E-state index >= 15 is 0 Å². The highest BCUT2D eigenvalue weighted by molar-refractivity contribution is 7.89. The molecular formula is C21H24N2O5S. The van der Waals surface area contributed by atoms with Crippen LogP contribution < -0.4 is 9.47 Å². The van der Waals surface area contributed by atoms with Crippen molar-refractivity contribution in [2.24, 2.45) is 0 Å². The smallest absolute Gasteiger partial charge is 0.253 e. The Bertz CT molecular complexity index is 1000. The number of fused-ring (bicyclic) bond motifs is 1. The van der Waals surface area contributed by atoms with Crippen molar-refractivity contribution in [3.05, 3.63) is 54.1 Å². The molecule has 0 bridgehead atoms. The van der Waals surface area contributed by atoms with Gasteiger partial charge in [-0.25, -0.2) is 8.42 Å². The summed E-state index contributed by atoms with van der Waals surface area (Å²) < 4.78 is 38.6. The number of ether oxygens (including phenoxy) is 2. The molecule has 1 saturated heterocycles. The van der Waals surface area contributed by atoms with E-state index < -0.39 is 10.0 Å². The lowest BCUT2D eigenvalue weighted by Gasteiger charge is -2.29. The van der Waals surface area contributed by atoms with Gasteiger partial charge in [0, 0.05) is 25.7 Å². The Morgan fingerprint density at radius 3 is 2.59 bits per heavy atom. The first kappa shape index (κ1) is 19.7. The highest BCUT2D eigenvalue weighted by Gasteiger charge is 2.29. The predicted molar refractivity (Wildman–Crippen MR) is 108 cm³/mol. The molecule has 1 atom stereocenters. The molecule has 2 aromatic rings. The van der Waals surface area contributed by atoms with Crippen LogP contribution in [0.1, 0.15) is 23.2 Å². The Balaban J connectivity index is 1.45. The Labute approximate surface area is 170 Å². The molecule has 2 aliphatic heterocycles. The average molecular weight is 416 g/mol. The molecule has 154 valence electrons. The zero-order valence-electron chi connectivity index (χ0n) is 16.3. The number of amides is 1. The largest absolute Gasteiger partial charge is 0.486 e. The lowest BCUT2D eigenvalue weighted by molar-refractivity contribution is 0.0521. The van der Waals surface area contributed by atoms with Crippen LogP contribution in [0.25, 0.3) is 0 Å². The van der Waals surface area contributed by atoms with Crippen molar-refractivity contribution >= 4 is 15.9 Å². The van der Waals surface area contributed by atoms with Crippen molar-refractivity contribution < 1.29 is 22.7 Å². The SMILES string of the molecule is CN(C[C@@H]1COc2ccccc2O1)C(=O)c1cccc(S(=O)(=O)N2CCCC2)c1. The monoisotopic (exact) mass is 416 g/mol. The van der Waals surface area contributed by atoms with E-state index in [0.29, 0.717) is 43.3 Å². The molecule has 2 heterocycles. The van der Waals surface area contributed by atoms with Crippen molar-refractivity contribution in [1.29, 1.82) is 0 Å². The molecule has 0 saturated carbocycles. The average Bonchev–Trinajstić information content (AvgIpc) is 3.29. The van der Waals surface area contributed by atoms with E-state index in [1.54, 1.807) is 25.2 Å². The Morgan fingerprint density at radius 1 is 1.10 bits per heavy atom. The van der Waals surface area contributed by atoms with Crippen LogP contribution in [-0.2, 0) is 10.0 Å². The van der Waals surface area contributed by atoms with Crippen LogP contribution in [0.2, 0.25) is 0 Å². The van der Waals surface area contributed by atoms with E-state index in [1.165, 1.54) is 15.3 Å². The van der Waals surface area contributed by atoms with Gasteiger partial charge in [-0.3, -0.25) is 4.79 Å². The Kier molecular flexibility index (Phi) is 5.47. The molecule has 0 aliphatic carbocycles. The van der Waals surface area contributed by atoms with E-state index in [0.717, 1.165) is 12.8 Å². The fraction of sp³-hybridized carbons (Fsp3) is 0.381. The molecule has 8 heteroatoms. The Morgan fingerprint density at radius 2 is 1.83 bits per heavy atom. The van der Waals surface area contributed by atoms with Gasteiger partial charge in [0.15, 0.2) is 17.6 Å². The Hall–Kier alpha value is -2.58. The standard InChI is InChI=1S/C21H24N2O5S/c1-22(14-17-15-27-19-9-2-3-10-20(19)28-17)21(24)16-7-6-8-18(13-16)29(25,26)23-11-4-5-12-23/h2-3,6-10,13,17H,4-5,11-12,14-15H2,1H3/t17-/m1/s1. The zero-order valence-corrected chi connectivity index (χ0v) is 17.1. The molecule has 29 heavy (non-hydrogen) atoms. The molecule has 1 fully saturated rings. The fourth-order valence-corrected chi connectivity index (χ4v) is 5.19. The summed E-state index contributed by atoms with van der Waals surface area (Å²) in [5, 5.41) is 0. The van der Waals surface area contributed by atoms with Crippen LogP contribution >= 0.6 is 0 Å². The number of benzene rings is 2. The number of rotatable bonds is 5. The van der Waals surface area contributed by atoms with E-state index in [9.17, 15) is 13.2 Å². The van der Waals surface area contributed by atoms with E-state index in [4.69, 9.17) is 9.47 Å². The van der Waals surface area contributed by atoms with Gasteiger partial charge in [0.05, 0.1) is 11.4 Å². The van der Waals surface area contributed by atoms with Crippen LogP contribution in [-0.4, -0.2) is 62.9 Å². The maximum absolute atomic E-state index is 12.9. The summed E-state index contributed by atoms with van der Waals surface area (Å²) in [5.74, 6) is 1.09. The third-order valence-corrected chi connectivity index (χ3v) is 7.07. The summed E-state index contributed by atoms with van der Waals surface area (Å²) >= 11 is 0. The number of hydrogen-bond acceptors (Lipinski definition) is 5. The van der Waals surface area contributed by atoms with Gasteiger partial charge >= 0.3 is 0 Å². The van der Waals surface area contributed by atoms with Crippen LogP contribution in [0.15, 0.2) is 53.4 Å². The molecule has 7 nitrogen and oxygen atoms in total. The number of likely N-dealkylation sites (N-methyl/N-ethyl adjacent to an activating group) is 1. The second-order valence-electron chi connectivity index (χ2n) is 7.32. The van der Waals surface area contributed by atoms with Crippen molar-refractivity contribution in [2.45, 2.75) is 23.8 Å². The molecule has 2 aromatic carbocycles. The molecule has 1 amide bonds. The maximum Gasteiger partial charge on any atom is 0.253 e. The molecule has 0 radical (unpaired) electrons. The van der Waals surface area contributed by atoms with Gasteiger partial charge < -0.3 is 14.4 Å². The molecule has 0 spiro atoms. The zero-order chi connectivity index (χ0) is 20.4. The first-order valence-corrected chi connectivity index (χ1v) is 11.1. The topological polar surface area (TPSA) is 76.1 Å². The summed E-state index contributed by atoms with van der Waals surface area (Å²) in [6.45, 7) is 1.73. The van der Waals surface area contributed by atoms with Crippen molar-refractivity contribution in [1.82, 2.24) is 9.21 Å². The van der Waals surface area contributed by atoms with Gasteiger partial charge in [-0.2, -0.15) is 4.31 Å². The minimum atomic E-state index is -3.56. The number of carbonyl (C=O) groups is 1. The van der Waals surface area contributed by atoms with Crippen LogP contribution in [0, 0.1) is 0 Å². The van der Waals surface area contributed by atoms with Gasteiger partial charge in [-0.05, 0) is 43.2 Å². The first-order chi connectivity index (χ1) is 13.9. The summed E-state index contributed by atoms with van der Waals surface area (Å²) in [4.78, 5) is 14.6. The van der Waals surface area contributed by atoms with Gasteiger partial charge in [0.25, 0.3) is 5.91 Å². The van der Waals surface area contributed by atoms with E-state index in [-0.39, 0.29) is 16.9 Å². The number of nitrogens with zero attached hydrogens (tertiary/aromatic N) is 2. The third kappa shape index (κ3) is 4.09. The van der Waals surface area contributed by atoms with Crippen LogP contribution in [0.3, 0.4) is 0 Å². The van der Waals surface area contributed by atoms with E-state index in [1.807, 2.05) is 24.3 Å². The van der Waals surface area contributed by atoms with Crippen LogP contribution in [0.5, 0.6) is 11.5 Å². The third-order valence-electron chi connectivity index (χ3n) is 5.18. The number of carbonyl (C=O) groups excluding carboxylic acids is 1. The molecule has 0 aromatic heterocycles. The molecule has 0 N–H and O–H groups in total. The quantitative estimate of drug-likeness (QED) is 0.748. The van der Waals surface area contributed by atoms with Crippen molar-refractivity contribution in [3.63, 3.8) is 0 Å². The van der Waals surface area contributed by atoms with Gasteiger partial charge in [0.1, 0.15) is 6.61 Å². The summed E-state index contributed by atoms with van der Waals surface area (Å²) in [6, 6.07) is 13.7. The van der Waals surface area contributed by atoms with Crippen LogP contribution in [0.4, 0.5) is 0 Å². The summed E-state index contributed by atoms with van der Waals surface area (Å²) in [7, 11) is -1.89. The fourth-order valence-electron chi connectivity index (χ4n) is 3.63. The first-order valence-electron chi connectivity index (χ1n) is 9.69. The predicted octanol–water partition coefficient (Wildman–Crippen LogP) is 2.38. The lowest BCUT2D eigenvalue weighted by atomic mass is 10.2. The number of sulfonamides is 1. The molecule has 2 aliphatic rings. The van der Waals surface area contributed by atoms with E-state index in [2.05, 4.69) is 0 Å². The van der Waals surface area contributed by atoms with Gasteiger partial charge in [-0.15, -0.1) is 0 Å². The highest BCUT2D eigenvalue weighted by atomic mass is 32.2. The molecular weight excluding hydrogens is 392 g/mol. The second-order valence-corrected chi connectivity index (χ2v) is 9.26. The van der Waals surface area contributed by atoms with Crippen molar-refractivity contribution in [2.75, 3.05) is 33.3 Å². The normalized spacial score (nSPS) is 19.1. The summed E-state index contributed by atoms with van der Waals surface area (Å²) in [5.41, 5.74) is 0.338. The minimum Gasteiger partial charge on any atom is -0.486 e. The van der Waals surface area contributed by atoms with Gasteiger partial charge in [0.2, 0.25) is 10.0 Å². The molecule has 4 rings (SSSR count). The van der Waals surface area contributed by atoms with Gasteiger partial charge in [-0.1, -0.05) is 18.2 Å².